The molecule has 0 aromatic heterocycles. The summed E-state index contributed by atoms with van der Waals surface area (Å²) in [5, 5.41) is 2.19. The quantitative estimate of drug-likeness (QED) is 0.513. The number of benzene rings is 2. The topological polar surface area (TPSA) is 17.1 Å². The minimum Gasteiger partial charge on any atom is -0.295 e. The van der Waals surface area contributed by atoms with Gasteiger partial charge in [-0.3, -0.25) is 4.79 Å². The lowest BCUT2D eigenvalue weighted by molar-refractivity contribution is 0.101. The van der Waals surface area contributed by atoms with Gasteiger partial charge in [0.15, 0.2) is 5.78 Å². The lowest BCUT2D eigenvalue weighted by atomic mass is 9.93. The summed E-state index contributed by atoms with van der Waals surface area (Å²) in [6.07, 6.45) is 0.563. The highest BCUT2D eigenvalue weighted by Gasteiger charge is 2.06. The molecular weight excluding hydrogens is 171 g/mol. The first-order valence-electron chi connectivity index (χ1n) is 4.84. The largest absolute Gasteiger partial charge is 0.295 e. The van der Waals surface area contributed by atoms with E-state index in [2.05, 4.69) is 0 Å². The maximum Gasteiger partial charge on any atom is 0.155 e. The van der Waals surface area contributed by atoms with Gasteiger partial charge in [-0.1, -0.05) is 42.5 Å². The molecule has 0 N–H and O–H groups in total. The molecule has 2 rings (SSSR count). The Morgan fingerprint density at radius 3 is 2.57 bits per heavy atom. The Hall–Kier alpha value is -1.57. The fourth-order valence-corrected chi connectivity index (χ4v) is 1.66. The monoisotopic (exact) mass is 182 g/mol. The first-order chi connectivity index (χ1) is 6.83. The Morgan fingerprint density at radius 1 is 1.07 bits per heavy atom. The van der Waals surface area contributed by atoms with Crippen molar-refractivity contribution in [2.24, 2.45) is 0 Å². The zero-order valence-corrected chi connectivity index (χ0v) is 8.16. The van der Waals surface area contributed by atoms with E-state index in [9.17, 15) is 4.79 Å². The van der Waals surface area contributed by atoms with Crippen molar-refractivity contribution in [3.05, 3.63) is 48.0 Å². The molecule has 0 atom stereocenters. The molecular formula is C12H11BO. The van der Waals surface area contributed by atoms with E-state index in [0.29, 0.717) is 6.32 Å². The minimum absolute atomic E-state index is 0.210. The van der Waals surface area contributed by atoms with Crippen LogP contribution in [0.1, 0.15) is 10.4 Å². The van der Waals surface area contributed by atoms with Crippen LogP contribution in [0.3, 0.4) is 0 Å². The molecule has 0 spiro atoms. The zero-order chi connectivity index (χ0) is 9.97. The molecule has 0 saturated carbocycles. The number of hydrogen-bond acceptors (Lipinski definition) is 1. The highest BCUT2D eigenvalue weighted by molar-refractivity contribution is 6.26. The van der Waals surface area contributed by atoms with Gasteiger partial charge in [-0.15, -0.1) is 0 Å². The summed E-state index contributed by atoms with van der Waals surface area (Å²) < 4.78 is 0. The first-order valence-corrected chi connectivity index (χ1v) is 4.84. The molecule has 0 amide bonds. The second-order valence-electron chi connectivity index (χ2n) is 3.30. The molecule has 1 nitrogen and oxygen atoms in total. The number of hydrogen-bond donors (Lipinski definition) is 0. The molecule has 68 valence electrons. The molecule has 0 aliphatic heterocycles. The maximum atomic E-state index is 11.6. The summed E-state index contributed by atoms with van der Waals surface area (Å²) in [4.78, 5) is 11.6. The molecule has 0 saturated heterocycles. The summed E-state index contributed by atoms with van der Waals surface area (Å²) in [7, 11) is 1.89. The highest BCUT2D eigenvalue weighted by Crippen LogP contribution is 2.19. The van der Waals surface area contributed by atoms with Gasteiger partial charge in [0, 0.05) is 5.56 Å². The number of Topliss-reactive ketones (excluding diaryl/α,β-unsaturated/α-hetero) is 1. The second kappa shape index (κ2) is 3.66. The van der Waals surface area contributed by atoms with Gasteiger partial charge >= 0.3 is 0 Å². The van der Waals surface area contributed by atoms with Gasteiger partial charge in [-0.2, -0.15) is 0 Å². The Kier molecular flexibility index (Phi) is 2.36. The summed E-state index contributed by atoms with van der Waals surface area (Å²) in [5.74, 6) is 0.210. The average molecular weight is 182 g/mol. The van der Waals surface area contributed by atoms with Crippen LogP contribution in [-0.2, 0) is 0 Å². The van der Waals surface area contributed by atoms with Crippen LogP contribution in [-0.4, -0.2) is 13.6 Å². The summed E-state index contributed by atoms with van der Waals surface area (Å²) in [5.41, 5.74) is 0.839. The molecule has 0 aliphatic carbocycles. The molecule has 0 heterocycles. The molecule has 0 unspecified atom stereocenters. The van der Waals surface area contributed by atoms with E-state index in [-0.39, 0.29) is 5.78 Å². The van der Waals surface area contributed by atoms with Crippen molar-refractivity contribution in [1.82, 2.24) is 0 Å². The van der Waals surface area contributed by atoms with Crippen molar-refractivity contribution in [3.8, 4) is 0 Å². The maximum absolute atomic E-state index is 11.6. The van der Waals surface area contributed by atoms with Crippen LogP contribution >= 0.6 is 0 Å². The Balaban J connectivity index is 2.71. The molecule has 0 bridgehead atoms. The van der Waals surface area contributed by atoms with Crippen LogP contribution in [0.5, 0.6) is 0 Å². The van der Waals surface area contributed by atoms with Crippen molar-refractivity contribution < 1.29 is 4.79 Å². The molecule has 2 aromatic rings. The fraction of sp³-hybridized carbons (Fsp3) is 0.0833. The fourth-order valence-electron chi connectivity index (χ4n) is 1.66. The van der Waals surface area contributed by atoms with E-state index < -0.39 is 0 Å². The molecule has 14 heavy (non-hydrogen) atoms. The Bertz CT molecular complexity index is 471. The number of rotatable bonds is 2. The summed E-state index contributed by atoms with van der Waals surface area (Å²) in [6, 6.07) is 13.8. The van der Waals surface area contributed by atoms with Crippen molar-refractivity contribution in [2.45, 2.75) is 6.32 Å². The van der Waals surface area contributed by atoms with Gasteiger partial charge in [0.05, 0.1) is 0 Å². The van der Waals surface area contributed by atoms with E-state index in [4.69, 9.17) is 0 Å². The SMILES string of the molecule is BCC(=O)c1cccc2ccccc12. The minimum atomic E-state index is 0.210. The summed E-state index contributed by atoms with van der Waals surface area (Å²) >= 11 is 0. The van der Waals surface area contributed by atoms with E-state index in [1.807, 2.05) is 50.3 Å². The molecule has 2 heteroatoms. The third-order valence-corrected chi connectivity index (χ3v) is 2.41. The van der Waals surface area contributed by atoms with E-state index in [1.54, 1.807) is 0 Å². The van der Waals surface area contributed by atoms with Gasteiger partial charge in [0.2, 0.25) is 0 Å². The number of carbonyl (C=O) groups excluding carboxylic acids is 1. The van der Waals surface area contributed by atoms with Crippen LogP contribution in [0.25, 0.3) is 10.8 Å². The number of fused-ring (bicyclic) bond motifs is 1. The third-order valence-electron chi connectivity index (χ3n) is 2.41. The van der Waals surface area contributed by atoms with Crippen LogP contribution in [0, 0.1) is 0 Å². The van der Waals surface area contributed by atoms with E-state index in [0.717, 1.165) is 16.3 Å². The van der Waals surface area contributed by atoms with Crippen molar-refractivity contribution in [3.63, 3.8) is 0 Å². The second-order valence-corrected chi connectivity index (χ2v) is 3.30. The van der Waals surface area contributed by atoms with Crippen LogP contribution in [0.15, 0.2) is 42.5 Å². The lowest BCUT2D eigenvalue weighted by Crippen LogP contribution is -1.98. The lowest BCUT2D eigenvalue weighted by Gasteiger charge is -2.03. The van der Waals surface area contributed by atoms with Crippen molar-refractivity contribution in [1.29, 1.82) is 0 Å². The van der Waals surface area contributed by atoms with Crippen LogP contribution in [0.2, 0.25) is 6.32 Å². The number of ketones is 1. The van der Waals surface area contributed by atoms with Gasteiger partial charge in [0.25, 0.3) is 0 Å². The van der Waals surface area contributed by atoms with Crippen LogP contribution < -0.4 is 0 Å². The van der Waals surface area contributed by atoms with Gasteiger partial charge < -0.3 is 0 Å². The molecule has 0 fully saturated rings. The highest BCUT2D eigenvalue weighted by atomic mass is 16.1. The zero-order valence-electron chi connectivity index (χ0n) is 8.16. The van der Waals surface area contributed by atoms with E-state index in [1.165, 1.54) is 0 Å². The predicted molar refractivity (Wildman–Crippen MR) is 61.6 cm³/mol. The predicted octanol–water partition coefficient (Wildman–Crippen LogP) is 2.07. The van der Waals surface area contributed by atoms with E-state index >= 15 is 0 Å². The average Bonchev–Trinajstić information content (AvgIpc) is 2.27. The standard InChI is InChI=1S/C12H11BO/c13-8-12(14)11-7-3-5-9-4-1-2-6-10(9)11/h1-7H,8,13H2. The number of carbonyl (C=O) groups is 1. The van der Waals surface area contributed by atoms with Gasteiger partial charge in [-0.25, -0.2) is 0 Å². The summed E-state index contributed by atoms with van der Waals surface area (Å²) in [6.45, 7) is 0. The normalized spacial score (nSPS) is 10.3. The first kappa shape index (κ1) is 9.01. The Labute approximate surface area is 84.2 Å². The van der Waals surface area contributed by atoms with Crippen molar-refractivity contribution >= 4 is 24.4 Å². The molecule has 0 radical (unpaired) electrons. The smallest absolute Gasteiger partial charge is 0.155 e. The molecule has 0 aliphatic rings. The van der Waals surface area contributed by atoms with Crippen molar-refractivity contribution in [2.75, 3.05) is 0 Å². The molecule has 2 aromatic carbocycles. The van der Waals surface area contributed by atoms with Gasteiger partial charge in [0.1, 0.15) is 7.85 Å². The third kappa shape index (κ3) is 1.44. The van der Waals surface area contributed by atoms with Gasteiger partial charge in [-0.05, 0) is 17.1 Å². The Morgan fingerprint density at radius 2 is 1.79 bits per heavy atom. The van der Waals surface area contributed by atoms with Crippen LogP contribution in [0.4, 0.5) is 0 Å².